The van der Waals surface area contributed by atoms with Crippen molar-refractivity contribution in [3.05, 3.63) is 35.9 Å². The zero-order valence-electron chi connectivity index (χ0n) is 15.3. The Hall–Kier alpha value is -1.77. The summed E-state index contributed by atoms with van der Waals surface area (Å²) in [6.45, 7) is 3.80. The van der Waals surface area contributed by atoms with E-state index in [-0.39, 0.29) is 0 Å². The van der Waals surface area contributed by atoms with E-state index >= 15 is 0 Å². The first-order valence-corrected chi connectivity index (χ1v) is 10.5. The molecule has 1 aromatic rings. The number of carbonyl (C=O) groups is 2. The molecule has 146 valence electrons. The van der Waals surface area contributed by atoms with Gasteiger partial charge in [0.25, 0.3) is 0 Å². The number of rotatable bonds is 10. The van der Waals surface area contributed by atoms with Gasteiger partial charge in [-0.2, -0.15) is 0 Å². The summed E-state index contributed by atoms with van der Waals surface area (Å²) in [7, 11) is -3.57. The summed E-state index contributed by atoms with van der Waals surface area (Å²) in [6.07, 6.45) is 2.45. The van der Waals surface area contributed by atoms with Crippen molar-refractivity contribution in [1.82, 2.24) is 0 Å². The SMILES string of the molecule is CCCC(CCC)S(=O)(=O)C[C@@H](N)C(=O)OC(=O)C(N)c1ccccc1. The predicted octanol–water partition coefficient (Wildman–Crippen LogP) is 1.47. The molecular formula is C18H28N2O5S. The van der Waals surface area contributed by atoms with Crippen molar-refractivity contribution in [1.29, 1.82) is 0 Å². The molecule has 0 bridgehead atoms. The minimum absolute atomic E-state index is 0.484. The van der Waals surface area contributed by atoms with Gasteiger partial charge < -0.3 is 16.2 Å². The summed E-state index contributed by atoms with van der Waals surface area (Å²) in [5.41, 5.74) is 11.9. The summed E-state index contributed by atoms with van der Waals surface area (Å²) >= 11 is 0. The van der Waals surface area contributed by atoms with E-state index in [2.05, 4.69) is 4.74 Å². The van der Waals surface area contributed by atoms with E-state index < -0.39 is 44.9 Å². The van der Waals surface area contributed by atoms with Crippen molar-refractivity contribution in [2.45, 2.75) is 56.9 Å². The van der Waals surface area contributed by atoms with Crippen LogP contribution in [-0.2, 0) is 24.2 Å². The number of benzene rings is 1. The molecule has 1 rings (SSSR count). The van der Waals surface area contributed by atoms with Gasteiger partial charge in [0.1, 0.15) is 12.1 Å². The van der Waals surface area contributed by atoms with Crippen LogP contribution in [0.15, 0.2) is 30.3 Å². The number of esters is 2. The Balaban J connectivity index is 2.70. The number of hydrogen-bond donors (Lipinski definition) is 2. The molecule has 4 N–H and O–H groups in total. The van der Waals surface area contributed by atoms with Crippen LogP contribution in [0, 0.1) is 0 Å². The number of hydrogen-bond acceptors (Lipinski definition) is 7. The van der Waals surface area contributed by atoms with Gasteiger partial charge in [-0.1, -0.05) is 57.0 Å². The number of sulfone groups is 1. The van der Waals surface area contributed by atoms with E-state index in [1.54, 1.807) is 30.3 Å². The highest BCUT2D eigenvalue weighted by atomic mass is 32.2. The molecule has 1 unspecified atom stereocenters. The van der Waals surface area contributed by atoms with Gasteiger partial charge in [0.05, 0.1) is 11.0 Å². The molecule has 0 heterocycles. The van der Waals surface area contributed by atoms with Crippen LogP contribution in [-0.4, -0.2) is 37.4 Å². The Labute approximate surface area is 155 Å². The van der Waals surface area contributed by atoms with Gasteiger partial charge in [0.2, 0.25) is 0 Å². The first-order valence-electron chi connectivity index (χ1n) is 8.76. The third-order valence-electron chi connectivity index (χ3n) is 4.06. The van der Waals surface area contributed by atoms with Crippen molar-refractivity contribution < 1.29 is 22.7 Å². The standard InChI is InChI=1S/C18H28N2O5S/c1-3-8-14(9-4-2)26(23,24)12-15(19)17(21)25-18(22)16(20)13-10-6-5-7-11-13/h5-7,10-11,14-16H,3-4,8-9,12,19-20H2,1-2H3/t15-,16?/m1/s1. The fraction of sp³-hybridized carbons (Fsp3) is 0.556. The van der Waals surface area contributed by atoms with Crippen LogP contribution >= 0.6 is 0 Å². The van der Waals surface area contributed by atoms with Crippen LogP contribution in [0.25, 0.3) is 0 Å². The lowest BCUT2D eigenvalue weighted by atomic mass is 10.1. The molecule has 0 saturated heterocycles. The monoisotopic (exact) mass is 384 g/mol. The predicted molar refractivity (Wildman–Crippen MR) is 99.8 cm³/mol. The molecular weight excluding hydrogens is 356 g/mol. The number of nitrogens with two attached hydrogens (primary N) is 2. The lowest BCUT2D eigenvalue weighted by Crippen LogP contribution is -2.43. The highest BCUT2D eigenvalue weighted by Gasteiger charge is 2.31. The number of carbonyl (C=O) groups excluding carboxylic acids is 2. The molecule has 0 radical (unpaired) electrons. The Morgan fingerprint density at radius 2 is 1.54 bits per heavy atom. The van der Waals surface area contributed by atoms with Gasteiger partial charge in [-0.15, -0.1) is 0 Å². The third-order valence-corrected chi connectivity index (χ3v) is 6.37. The van der Waals surface area contributed by atoms with Crippen LogP contribution in [0.2, 0.25) is 0 Å². The Morgan fingerprint density at radius 1 is 1.00 bits per heavy atom. The quantitative estimate of drug-likeness (QED) is 0.461. The zero-order chi connectivity index (χ0) is 19.7. The van der Waals surface area contributed by atoms with Crippen LogP contribution in [0.3, 0.4) is 0 Å². The topological polar surface area (TPSA) is 130 Å². The summed E-state index contributed by atoms with van der Waals surface area (Å²) in [6, 6.07) is 5.84. The zero-order valence-corrected chi connectivity index (χ0v) is 16.1. The van der Waals surface area contributed by atoms with E-state index in [4.69, 9.17) is 11.5 Å². The van der Waals surface area contributed by atoms with Crippen molar-refractivity contribution in [2.75, 3.05) is 5.75 Å². The molecule has 26 heavy (non-hydrogen) atoms. The average Bonchev–Trinajstić information content (AvgIpc) is 2.61. The van der Waals surface area contributed by atoms with Crippen molar-refractivity contribution in [3.63, 3.8) is 0 Å². The second-order valence-electron chi connectivity index (χ2n) is 6.26. The Morgan fingerprint density at radius 3 is 2.04 bits per heavy atom. The smallest absolute Gasteiger partial charge is 0.335 e. The van der Waals surface area contributed by atoms with E-state index in [9.17, 15) is 18.0 Å². The molecule has 0 spiro atoms. The molecule has 0 aliphatic carbocycles. The lowest BCUT2D eigenvalue weighted by molar-refractivity contribution is -0.161. The lowest BCUT2D eigenvalue weighted by Gasteiger charge is -2.19. The molecule has 0 aliphatic rings. The number of ether oxygens (including phenoxy) is 1. The van der Waals surface area contributed by atoms with Crippen molar-refractivity contribution in [3.8, 4) is 0 Å². The van der Waals surface area contributed by atoms with Gasteiger partial charge >= 0.3 is 11.9 Å². The van der Waals surface area contributed by atoms with Crippen LogP contribution in [0.4, 0.5) is 0 Å². The van der Waals surface area contributed by atoms with Crippen molar-refractivity contribution >= 4 is 21.8 Å². The van der Waals surface area contributed by atoms with Gasteiger partial charge in [-0.3, -0.25) is 0 Å². The van der Waals surface area contributed by atoms with Gasteiger partial charge in [0, 0.05) is 0 Å². The minimum atomic E-state index is -3.57. The summed E-state index contributed by atoms with van der Waals surface area (Å²) < 4.78 is 29.6. The Kier molecular flexibility index (Phi) is 8.91. The maximum Gasteiger partial charge on any atom is 0.335 e. The molecule has 8 heteroatoms. The molecule has 0 saturated carbocycles. The third kappa shape index (κ3) is 6.51. The maximum absolute atomic E-state index is 12.5. The molecule has 0 aromatic heterocycles. The highest BCUT2D eigenvalue weighted by Crippen LogP contribution is 2.17. The van der Waals surface area contributed by atoms with Gasteiger partial charge in [-0.05, 0) is 18.4 Å². The maximum atomic E-state index is 12.5. The average molecular weight is 384 g/mol. The Bertz CT molecular complexity index is 685. The molecule has 0 fully saturated rings. The van der Waals surface area contributed by atoms with E-state index in [1.165, 1.54) is 0 Å². The van der Waals surface area contributed by atoms with Crippen molar-refractivity contribution in [2.24, 2.45) is 11.5 Å². The van der Waals surface area contributed by atoms with Gasteiger partial charge in [-0.25, -0.2) is 18.0 Å². The van der Waals surface area contributed by atoms with E-state index in [1.807, 2.05) is 13.8 Å². The van der Waals surface area contributed by atoms with E-state index in [0.717, 1.165) is 0 Å². The second kappa shape index (κ2) is 10.4. The minimum Gasteiger partial charge on any atom is -0.391 e. The normalized spacial score (nSPS) is 14.0. The summed E-state index contributed by atoms with van der Waals surface area (Å²) in [5, 5.41) is -0.543. The fourth-order valence-electron chi connectivity index (χ4n) is 2.64. The molecule has 0 amide bonds. The highest BCUT2D eigenvalue weighted by molar-refractivity contribution is 7.92. The molecule has 2 atom stereocenters. The summed E-state index contributed by atoms with van der Waals surface area (Å²) in [4.78, 5) is 24.0. The van der Waals surface area contributed by atoms with Crippen LogP contribution in [0.1, 0.15) is 51.1 Å². The largest absolute Gasteiger partial charge is 0.391 e. The second-order valence-corrected chi connectivity index (χ2v) is 8.59. The molecule has 0 aliphatic heterocycles. The van der Waals surface area contributed by atoms with Gasteiger partial charge in [0.15, 0.2) is 9.84 Å². The van der Waals surface area contributed by atoms with Crippen LogP contribution in [0.5, 0.6) is 0 Å². The first-order chi connectivity index (χ1) is 12.2. The molecule has 1 aromatic carbocycles. The molecule has 7 nitrogen and oxygen atoms in total. The fourth-order valence-corrected chi connectivity index (χ4v) is 4.74. The summed E-state index contributed by atoms with van der Waals surface area (Å²) in [5.74, 6) is -2.60. The first kappa shape index (κ1) is 22.3. The van der Waals surface area contributed by atoms with E-state index in [0.29, 0.717) is 31.2 Å². The van der Waals surface area contributed by atoms with Crippen LogP contribution < -0.4 is 11.5 Å².